The monoisotopic (exact) mass is 316 g/mol. The van der Waals surface area contributed by atoms with Crippen LogP contribution in [0.25, 0.3) is 0 Å². The Balaban J connectivity index is 1.59. The summed E-state index contributed by atoms with van der Waals surface area (Å²) in [4.78, 5) is 7.13. The second-order valence-electron chi connectivity index (χ2n) is 6.66. The molecule has 0 bridgehead atoms. The molecule has 2 aliphatic heterocycles. The van der Waals surface area contributed by atoms with Crippen LogP contribution < -0.4 is 4.90 Å². The molecule has 2 aliphatic rings. The maximum absolute atomic E-state index is 13.8. The van der Waals surface area contributed by atoms with Gasteiger partial charge in [-0.1, -0.05) is 12.5 Å². The normalized spacial score (nSPS) is 23.7. The highest BCUT2D eigenvalue weighted by molar-refractivity contribution is 5.60. The minimum atomic E-state index is -0.420. The van der Waals surface area contributed by atoms with Gasteiger partial charge in [0.05, 0.1) is 5.69 Å². The predicted molar refractivity (Wildman–Crippen MR) is 90.0 cm³/mol. The topological polar surface area (TPSA) is 33.5 Å². The van der Waals surface area contributed by atoms with Crippen LogP contribution in [0.1, 0.15) is 24.8 Å². The van der Waals surface area contributed by atoms with E-state index in [1.165, 1.54) is 31.9 Å². The van der Waals surface area contributed by atoms with E-state index < -0.39 is 5.82 Å². The number of piperidine rings is 1. The molecule has 0 radical (unpaired) electrons. The zero-order valence-corrected chi connectivity index (χ0v) is 13.8. The van der Waals surface area contributed by atoms with Gasteiger partial charge in [-0.05, 0) is 38.6 Å². The highest BCUT2D eigenvalue weighted by Gasteiger charge is 2.25. The molecule has 0 N–H and O–H groups in total. The van der Waals surface area contributed by atoms with Gasteiger partial charge in [-0.25, -0.2) is 4.39 Å². The van der Waals surface area contributed by atoms with Crippen LogP contribution in [0.2, 0.25) is 0 Å². The van der Waals surface area contributed by atoms with Crippen LogP contribution >= 0.6 is 0 Å². The molecule has 3 rings (SSSR count). The van der Waals surface area contributed by atoms with E-state index in [0.717, 1.165) is 38.4 Å². The smallest absolute Gasteiger partial charge is 0.143 e. The van der Waals surface area contributed by atoms with E-state index in [-0.39, 0.29) is 5.56 Å². The lowest BCUT2D eigenvalue weighted by Crippen LogP contribution is -2.52. The first-order valence-corrected chi connectivity index (χ1v) is 8.55. The van der Waals surface area contributed by atoms with Gasteiger partial charge in [-0.15, -0.1) is 0 Å². The number of hydrogen-bond acceptors (Lipinski definition) is 4. The van der Waals surface area contributed by atoms with Crippen LogP contribution in [0.4, 0.5) is 10.1 Å². The molecule has 1 atom stereocenters. The second kappa shape index (κ2) is 7.29. The fourth-order valence-corrected chi connectivity index (χ4v) is 3.73. The summed E-state index contributed by atoms with van der Waals surface area (Å²) < 4.78 is 13.8. The Bertz CT molecular complexity index is 575. The summed E-state index contributed by atoms with van der Waals surface area (Å²) in [6, 6.07) is 7.57. The zero-order chi connectivity index (χ0) is 16.2. The Kier molecular flexibility index (Phi) is 5.14. The highest BCUT2D eigenvalue weighted by Crippen LogP contribution is 2.24. The number of halogens is 1. The third kappa shape index (κ3) is 3.65. The molecular formula is C18H25FN4. The van der Waals surface area contributed by atoms with Crippen LogP contribution in [0.5, 0.6) is 0 Å². The van der Waals surface area contributed by atoms with Crippen LogP contribution in [-0.4, -0.2) is 62.2 Å². The molecule has 2 saturated heterocycles. The van der Waals surface area contributed by atoms with Crippen molar-refractivity contribution in [2.45, 2.75) is 25.3 Å². The maximum Gasteiger partial charge on any atom is 0.143 e. The molecule has 0 amide bonds. The highest BCUT2D eigenvalue weighted by atomic mass is 19.1. The molecular weight excluding hydrogens is 291 g/mol. The number of piperazine rings is 1. The van der Waals surface area contributed by atoms with Gasteiger partial charge in [0.2, 0.25) is 0 Å². The third-order valence-electron chi connectivity index (χ3n) is 5.21. The molecule has 2 fully saturated rings. The Hall–Kier alpha value is -1.64. The van der Waals surface area contributed by atoms with Gasteiger partial charge in [0, 0.05) is 38.8 Å². The molecule has 1 unspecified atom stereocenters. The van der Waals surface area contributed by atoms with Crippen molar-refractivity contribution in [2.75, 3.05) is 51.2 Å². The molecule has 0 saturated carbocycles. The van der Waals surface area contributed by atoms with E-state index in [2.05, 4.69) is 21.7 Å². The van der Waals surface area contributed by atoms with Crippen LogP contribution in [0.3, 0.4) is 0 Å². The Morgan fingerprint density at radius 2 is 1.96 bits per heavy atom. The summed E-state index contributed by atoms with van der Waals surface area (Å²) >= 11 is 0. The minimum Gasteiger partial charge on any atom is -0.368 e. The number of nitrogens with zero attached hydrogens (tertiary/aromatic N) is 4. The first-order chi connectivity index (χ1) is 11.2. The molecule has 2 heterocycles. The lowest BCUT2D eigenvalue weighted by Gasteiger charge is -2.41. The van der Waals surface area contributed by atoms with E-state index >= 15 is 0 Å². The fraction of sp³-hybridized carbons (Fsp3) is 0.611. The molecule has 0 spiro atoms. The molecule has 4 nitrogen and oxygen atoms in total. The summed E-state index contributed by atoms with van der Waals surface area (Å²) in [5, 5.41) is 9.19. The third-order valence-corrected chi connectivity index (χ3v) is 5.21. The average Bonchev–Trinajstić information content (AvgIpc) is 2.57. The van der Waals surface area contributed by atoms with Gasteiger partial charge in [0.15, 0.2) is 0 Å². The Labute approximate surface area is 138 Å². The van der Waals surface area contributed by atoms with E-state index in [4.69, 9.17) is 0 Å². The summed E-state index contributed by atoms with van der Waals surface area (Å²) in [5.74, 6) is -0.420. The van der Waals surface area contributed by atoms with Gasteiger partial charge in [0.25, 0.3) is 0 Å². The van der Waals surface area contributed by atoms with Crippen molar-refractivity contribution in [3.05, 3.63) is 29.6 Å². The zero-order valence-electron chi connectivity index (χ0n) is 13.8. The van der Waals surface area contributed by atoms with Crippen LogP contribution in [0.15, 0.2) is 18.2 Å². The number of likely N-dealkylation sites (tertiary alicyclic amines) is 1. The number of nitriles is 1. The van der Waals surface area contributed by atoms with E-state index in [1.54, 1.807) is 6.07 Å². The van der Waals surface area contributed by atoms with E-state index in [1.807, 2.05) is 12.1 Å². The van der Waals surface area contributed by atoms with Crippen molar-refractivity contribution in [1.29, 1.82) is 5.26 Å². The Morgan fingerprint density at radius 1 is 1.17 bits per heavy atom. The van der Waals surface area contributed by atoms with E-state index in [0.29, 0.717) is 6.04 Å². The minimum absolute atomic E-state index is 0.174. The number of anilines is 1. The largest absolute Gasteiger partial charge is 0.368 e. The number of hydrogen-bond donors (Lipinski definition) is 0. The van der Waals surface area contributed by atoms with Crippen molar-refractivity contribution in [2.24, 2.45) is 0 Å². The van der Waals surface area contributed by atoms with Crippen LogP contribution in [0, 0.1) is 17.1 Å². The molecule has 0 aromatic heterocycles. The van der Waals surface area contributed by atoms with Crippen molar-refractivity contribution < 1.29 is 4.39 Å². The molecule has 23 heavy (non-hydrogen) atoms. The van der Waals surface area contributed by atoms with Gasteiger partial charge in [-0.3, -0.25) is 4.90 Å². The van der Waals surface area contributed by atoms with Gasteiger partial charge in [-0.2, -0.15) is 5.26 Å². The predicted octanol–water partition coefficient (Wildman–Crippen LogP) is 2.30. The number of rotatable bonds is 3. The van der Waals surface area contributed by atoms with Gasteiger partial charge in [0.1, 0.15) is 17.4 Å². The molecule has 1 aromatic carbocycles. The van der Waals surface area contributed by atoms with Crippen molar-refractivity contribution in [3.63, 3.8) is 0 Å². The molecule has 124 valence electrons. The Morgan fingerprint density at radius 3 is 2.65 bits per heavy atom. The molecule has 1 aromatic rings. The van der Waals surface area contributed by atoms with Crippen molar-refractivity contribution in [1.82, 2.24) is 9.80 Å². The fourth-order valence-electron chi connectivity index (χ4n) is 3.73. The lowest BCUT2D eigenvalue weighted by molar-refractivity contribution is 0.125. The maximum atomic E-state index is 13.8. The second-order valence-corrected chi connectivity index (χ2v) is 6.66. The molecule has 0 aliphatic carbocycles. The number of benzene rings is 1. The summed E-state index contributed by atoms with van der Waals surface area (Å²) in [6.07, 6.45) is 3.94. The molecule has 5 heteroatoms. The van der Waals surface area contributed by atoms with Gasteiger partial charge < -0.3 is 9.80 Å². The first kappa shape index (κ1) is 16.2. The summed E-state index contributed by atoms with van der Waals surface area (Å²) in [6.45, 7) is 6.00. The first-order valence-electron chi connectivity index (χ1n) is 8.55. The van der Waals surface area contributed by atoms with Crippen molar-refractivity contribution >= 4 is 5.69 Å². The number of likely N-dealkylation sites (N-methyl/N-ethyl adjacent to an activating group) is 1. The van der Waals surface area contributed by atoms with Crippen molar-refractivity contribution in [3.8, 4) is 6.07 Å². The SMILES string of the molecule is CN1CCCCC1CN1CCN(c2cccc(F)c2C#N)CC1. The summed E-state index contributed by atoms with van der Waals surface area (Å²) in [5.41, 5.74) is 0.912. The average molecular weight is 316 g/mol. The lowest BCUT2D eigenvalue weighted by atomic mass is 10.0. The standard InChI is InChI=1S/C18H25FN4/c1-21-8-3-2-5-15(21)14-22-9-11-23(12-10-22)18-7-4-6-17(19)16(18)13-20/h4,6-7,15H,2-3,5,8-12,14H2,1H3. The van der Waals surface area contributed by atoms with E-state index in [9.17, 15) is 9.65 Å². The van der Waals surface area contributed by atoms with Gasteiger partial charge >= 0.3 is 0 Å². The van der Waals surface area contributed by atoms with Crippen LogP contribution in [-0.2, 0) is 0 Å². The summed E-state index contributed by atoms with van der Waals surface area (Å²) in [7, 11) is 2.23. The quantitative estimate of drug-likeness (QED) is 0.857.